The summed E-state index contributed by atoms with van der Waals surface area (Å²) in [5.74, 6) is 1.58. The molecule has 1 aliphatic carbocycles. The third kappa shape index (κ3) is 2.98. The lowest BCUT2D eigenvalue weighted by molar-refractivity contribution is 0.353. The summed E-state index contributed by atoms with van der Waals surface area (Å²) in [6, 6.07) is 5.03. The van der Waals surface area contributed by atoms with Crippen molar-refractivity contribution in [2.75, 3.05) is 6.54 Å². The monoisotopic (exact) mass is 289 g/mol. The Morgan fingerprint density at radius 2 is 2.10 bits per heavy atom. The van der Waals surface area contributed by atoms with Gasteiger partial charge in [-0.05, 0) is 44.0 Å². The van der Waals surface area contributed by atoms with Gasteiger partial charge in [-0.3, -0.25) is 0 Å². The molecule has 1 aromatic carbocycles. The van der Waals surface area contributed by atoms with Crippen LogP contribution in [0.1, 0.15) is 56.4 Å². The number of hydrogen-bond donors (Lipinski definition) is 1. The van der Waals surface area contributed by atoms with Crippen LogP contribution in [0.2, 0.25) is 0 Å². The fourth-order valence-electron chi connectivity index (χ4n) is 3.65. The zero-order valence-electron chi connectivity index (χ0n) is 12.9. The summed E-state index contributed by atoms with van der Waals surface area (Å²) in [5, 5.41) is 4.46. The van der Waals surface area contributed by atoms with Crippen molar-refractivity contribution in [3.63, 3.8) is 0 Å². The fourth-order valence-corrected chi connectivity index (χ4v) is 3.65. The van der Waals surface area contributed by atoms with Crippen LogP contribution >= 0.6 is 0 Å². The number of fused-ring (bicyclic) bond motifs is 1. The predicted octanol–water partition coefficient (Wildman–Crippen LogP) is 5.11. The maximum atomic E-state index is 13.4. The molecule has 1 unspecified atom stereocenters. The third-order valence-corrected chi connectivity index (χ3v) is 4.75. The van der Waals surface area contributed by atoms with Gasteiger partial charge in [0.25, 0.3) is 0 Å². The molecule has 3 rings (SSSR count). The highest BCUT2D eigenvalue weighted by Gasteiger charge is 2.25. The van der Waals surface area contributed by atoms with Gasteiger partial charge in [0.1, 0.15) is 17.2 Å². The highest BCUT2D eigenvalue weighted by molar-refractivity contribution is 5.82. The van der Waals surface area contributed by atoms with Gasteiger partial charge in [0.15, 0.2) is 0 Å². The summed E-state index contributed by atoms with van der Waals surface area (Å²) in [5.41, 5.74) is 1.87. The molecule has 1 saturated carbocycles. The molecule has 1 atom stereocenters. The van der Waals surface area contributed by atoms with Crippen LogP contribution in [-0.2, 0) is 0 Å². The van der Waals surface area contributed by atoms with Gasteiger partial charge in [-0.2, -0.15) is 0 Å². The van der Waals surface area contributed by atoms with Crippen molar-refractivity contribution >= 4 is 11.0 Å². The molecule has 0 amide bonds. The Balaban J connectivity index is 1.92. The van der Waals surface area contributed by atoms with Crippen molar-refractivity contribution in [3.05, 3.63) is 35.3 Å². The Morgan fingerprint density at radius 1 is 1.33 bits per heavy atom. The summed E-state index contributed by atoms with van der Waals surface area (Å²) in [6.07, 6.45) is 6.49. The number of halogens is 1. The molecule has 0 bridgehead atoms. The molecule has 2 aromatic rings. The SMILES string of the molecule is CCNC(CC1CCCC1)c1oc2ccc(F)cc2c1C. The second-order valence-corrected chi connectivity index (χ2v) is 6.23. The van der Waals surface area contributed by atoms with Gasteiger partial charge in [-0.25, -0.2) is 4.39 Å². The number of benzene rings is 1. The Labute approximate surface area is 125 Å². The molecule has 1 fully saturated rings. The van der Waals surface area contributed by atoms with Gasteiger partial charge in [0, 0.05) is 10.9 Å². The van der Waals surface area contributed by atoms with Crippen LogP contribution < -0.4 is 5.32 Å². The first-order chi connectivity index (χ1) is 10.2. The minimum atomic E-state index is -0.200. The van der Waals surface area contributed by atoms with Crippen LogP contribution in [0, 0.1) is 18.7 Å². The molecular formula is C18H24FNO. The van der Waals surface area contributed by atoms with Gasteiger partial charge in [0.05, 0.1) is 6.04 Å². The first-order valence-corrected chi connectivity index (χ1v) is 8.11. The highest BCUT2D eigenvalue weighted by Crippen LogP contribution is 2.37. The van der Waals surface area contributed by atoms with Crippen molar-refractivity contribution in [1.29, 1.82) is 0 Å². The Bertz CT molecular complexity index is 613. The minimum absolute atomic E-state index is 0.200. The van der Waals surface area contributed by atoms with Crippen LogP contribution in [0.3, 0.4) is 0 Å². The molecule has 21 heavy (non-hydrogen) atoms. The van der Waals surface area contributed by atoms with E-state index in [0.717, 1.165) is 41.2 Å². The molecule has 3 heteroatoms. The van der Waals surface area contributed by atoms with Crippen molar-refractivity contribution in [2.24, 2.45) is 5.92 Å². The van der Waals surface area contributed by atoms with Crippen LogP contribution in [0.15, 0.2) is 22.6 Å². The maximum absolute atomic E-state index is 13.4. The summed E-state index contributed by atoms with van der Waals surface area (Å²) < 4.78 is 19.5. The molecule has 0 radical (unpaired) electrons. The predicted molar refractivity (Wildman–Crippen MR) is 83.9 cm³/mol. The van der Waals surface area contributed by atoms with E-state index >= 15 is 0 Å². The fraction of sp³-hybridized carbons (Fsp3) is 0.556. The molecule has 1 aromatic heterocycles. The average molecular weight is 289 g/mol. The van der Waals surface area contributed by atoms with Gasteiger partial charge >= 0.3 is 0 Å². The van der Waals surface area contributed by atoms with E-state index in [-0.39, 0.29) is 11.9 Å². The lowest BCUT2D eigenvalue weighted by atomic mass is 9.95. The van der Waals surface area contributed by atoms with Crippen LogP contribution in [0.4, 0.5) is 4.39 Å². The summed E-state index contributed by atoms with van der Waals surface area (Å²) >= 11 is 0. The number of nitrogens with one attached hydrogen (secondary N) is 1. The Morgan fingerprint density at radius 3 is 2.81 bits per heavy atom. The van der Waals surface area contributed by atoms with Crippen molar-refractivity contribution < 1.29 is 8.81 Å². The zero-order chi connectivity index (χ0) is 14.8. The van der Waals surface area contributed by atoms with Gasteiger partial charge < -0.3 is 9.73 Å². The third-order valence-electron chi connectivity index (χ3n) is 4.75. The second kappa shape index (κ2) is 6.18. The molecule has 2 nitrogen and oxygen atoms in total. The number of rotatable bonds is 5. The van der Waals surface area contributed by atoms with Crippen LogP contribution in [-0.4, -0.2) is 6.54 Å². The van der Waals surface area contributed by atoms with E-state index in [1.54, 1.807) is 12.1 Å². The smallest absolute Gasteiger partial charge is 0.134 e. The lowest BCUT2D eigenvalue weighted by Crippen LogP contribution is -2.23. The molecule has 0 saturated heterocycles. The van der Waals surface area contributed by atoms with Crippen molar-refractivity contribution in [3.8, 4) is 0 Å². The van der Waals surface area contributed by atoms with E-state index in [4.69, 9.17) is 4.42 Å². The van der Waals surface area contributed by atoms with Gasteiger partial charge in [0.2, 0.25) is 0 Å². The van der Waals surface area contributed by atoms with E-state index in [2.05, 4.69) is 12.2 Å². The number of furan rings is 1. The molecular weight excluding hydrogens is 265 g/mol. The molecule has 1 N–H and O–H groups in total. The van der Waals surface area contributed by atoms with Gasteiger partial charge in [-0.15, -0.1) is 0 Å². The average Bonchev–Trinajstić information content (AvgIpc) is 3.08. The summed E-state index contributed by atoms with van der Waals surface area (Å²) in [6.45, 7) is 5.08. The lowest BCUT2D eigenvalue weighted by Gasteiger charge is -2.20. The normalized spacial score (nSPS) is 17.7. The van der Waals surface area contributed by atoms with Crippen molar-refractivity contribution in [2.45, 2.75) is 52.0 Å². The van der Waals surface area contributed by atoms with Crippen LogP contribution in [0.5, 0.6) is 0 Å². The van der Waals surface area contributed by atoms with Crippen LogP contribution in [0.25, 0.3) is 11.0 Å². The summed E-state index contributed by atoms with van der Waals surface area (Å²) in [7, 11) is 0. The van der Waals surface area contributed by atoms with E-state index in [0.29, 0.717) is 0 Å². The minimum Gasteiger partial charge on any atom is -0.459 e. The van der Waals surface area contributed by atoms with E-state index in [1.165, 1.54) is 31.7 Å². The van der Waals surface area contributed by atoms with E-state index < -0.39 is 0 Å². The first kappa shape index (κ1) is 14.6. The largest absolute Gasteiger partial charge is 0.459 e. The van der Waals surface area contributed by atoms with Gasteiger partial charge in [-0.1, -0.05) is 32.6 Å². The summed E-state index contributed by atoms with van der Waals surface area (Å²) in [4.78, 5) is 0. The highest BCUT2D eigenvalue weighted by atomic mass is 19.1. The molecule has 0 aliphatic heterocycles. The molecule has 0 spiro atoms. The van der Waals surface area contributed by atoms with Crippen molar-refractivity contribution in [1.82, 2.24) is 5.32 Å². The van der Waals surface area contributed by atoms with E-state index in [1.807, 2.05) is 6.92 Å². The number of aryl methyl sites for hydroxylation is 1. The molecule has 1 heterocycles. The standard InChI is InChI=1S/C18H24FNO/c1-3-20-16(10-13-6-4-5-7-13)18-12(2)15-11-14(19)8-9-17(15)21-18/h8-9,11,13,16,20H,3-7,10H2,1-2H3. The number of hydrogen-bond acceptors (Lipinski definition) is 2. The second-order valence-electron chi connectivity index (χ2n) is 6.23. The quantitative estimate of drug-likeness (QED) is 0.827. The molecule has 114 valence electrons. The molecule has 1 aliphatic rings. The zero-order valence-corrected chi connectivity index (χ0v) is 12.9. The first-order valence-electron chi connectivity index (χ1n) is 8.11. The van der Waals surface area contributed by atoms with E-state index in [9.17, 15) is 4.39 Å². The Hall–Kier alpha value is -1.35. The maximum Gasteiger partial charge on any atom is 0.134 e. The topological polar surface area (TPSA) is 25.2 Å². The Kier molecular flexibility index (Phi) is 4.29.